The van der Waals surface area contributed by atoms with Crippen molar-refractivity contribution in [1.29, 1.82) is 0 Å². The molecule has 1 heterocycles. The Morgan fingerprint density at radius 3 is 2.31 bits per heavy atom. The van der Waals surface area contributed by atoms with Crippen LogP contribution < -0.4 is 4.74 Å². The normalized spacial score (nSPS) is 10.6. The SMILES string of the molecule is CCCCCCCCCCOc1cccs1. The highest BCUT2D eigenvalue weighted by atomic mass is 32.1. The summed E-state index contributed by atoms with van der Waals surface area (Å²) in [5.41, 5.74) is 0. The van der Waals surface area contributed by atoms with Crippen LogP contribution >= 0.6 is 11.3 Å². The molecule has 0 N–H and O–H groups in total. The maximum atomic E-state index is 5.61. The largest absolute Gasteiger partial charge is 0.484 e. The first-order valence-corrected chi connectivity index (χ1v) is 7.47. The summed E-state index contributed by atoms with van der Waals surface area (Å²) in [7, 11) is 0. The van der Waals surface area contributed by atoms with Gasteiger partial charge in [-0.3, -0.25) is 0 Å². The molecule has 0 spiro atoms. The van der Waals surface area contributed by atoms with Crippen LogP contribution in [0.4, 0.5) is 0 Å². The number of thiophene rings is 1. The summed E-state index contributed by atoms with van der Waals surface area (Å²) >= 11 is 1.68. The Morgan fingerprint density at radius 2 is 1.69 bits per heavy atom. The van der Waals surface area contributed by atoms with Crippen molar-refractivity contribution in [2.24, 2.45) is 0 Å². The second-order valence-corrected chi connectivity index (χ2v) is 5.17. The van der Waals surface area contributed by atoms with E-state index < -0.39 is 0 Å². The first-order valence-electron chi connectivity index (χ1n) is 6.60. The average Bonchev–Trinajstić information content (AvgIpc) is 2.80. The predicted molar refractivity (Wildman–Crippen MR) is 72.4 cm³/mol. The molecule has 92 valence electrons. The molecule has 0 saturated heterocycles. The van der Waals surface area contributed by atoms with Gasteiger partial charge in [0, 0.05) is 0 Å². The quantitative estimate of drug-likeness (QED) is 0.506. The van der Waals surface area contributed by atoms with Gasteiger partial charge in [-0.15, -0.1) is 11.3 Å². The van der Waals surface area contributed by atoms with Crippen LogP contribution in [0.5, 0.6) is 5.06 Å². The van der Waals surface area contributed by atoms with Gasteiger partial charge < -0.3 is 4.74 Å². The van der Waals surface area contributed by atoms with Gasteiger partial charge in [0.1, 0.15) is 0 Å². The maximum Gasteiger partial charge on any atom is 0.173 e. The van der Waals surface area contributed by atoms with E-state index in [1.54, 1.807) is 11.3 Å². The fraction of sp³-hybridized carbons (Fsp3) is 0.714. The number of rotatable bonds is 10. The van der Waals surface area contributed by atoms with Gasteiger partial charge in [0.2, 0.25) is 0 Å². The number of ether oxygens (including phenoxy) is 1. The molecule has 0 amide bonds. The molecule has 0 saturated carbocycles. The highest BCUT2D eigenvalue weighted by molar-refractivity contribution is 7.11. The molecular formula is C14H24OS. The standard InChI is InChI=1S/C14H24OS/c1-2-3-4-5-6-7-8-9-12-15-14-11-10-13-16-14/h10-11,13H,2-9,12H2,1H3. The monoisotopic (exact) mass is 240 g/mol. The predicted octanol–water partition coefficient (Wildman–Crippen LogP) is 5.27. The topological polar surface area (TPSA) is 9.23 Å². The number of hydrogen-bond donors (Lipinski definition) is 0. The van der Waals surface area contributed by atoms with Gasteiger partial charge in [0.25, 0.3) is 0 Å². The fourth-order valence-electron chi connectivity index (χ4n) is 1.75. The lowest BCUT2D eigenvalue weighted by atomic mass is 10.1. The highest BCUT2D eigenvalue weighted by Crippen LogP contribution is 2.18. The van der Waals surface area contributed by atoms with Gasteiger partial charge in [-0.1, -0.05) is 51.9 Å². The zero-order valence-corrected chi connectivity index (χ0v) is 11.2. The van der Waals surface area contributed by atoms with Crippen molar-refractivity contribution >= 4 is 11.3 Å². The van der Waals surface area contributed by atoms with Crippen LogP contribution in [-0.2, 0) is 0 Å². The van der Waals surface area contributed by atoms with E-state index in [-0.39, 0.29) is 0 Å². The molecule has 0 radical (unpaired) electrons. The van der Waals surface area contributed by atoms with Crippen molar-refractivity contribution in [3.8, 4) is 5.06 Å². The molecule has 0 atom stereocenters. The third-order valence-electron chi connectivity index (χ3n) is 2.74. The number of hydrogen-bond acceptors (Lipinski definition) is 2. The summed E-state index contributed by atoms with van der Waals surface area (Å²) in [6, 6.07) is 4.07. The third-order valence-corrected chi connectivity index (χ3v) is 3.52. The molecular weight excluding hydrogens is 216 g/mol. The fourth-order valence-corrected chi connectivity index (χ4v) is 2.35. The maximum absolute atomic E-state index is 5.61. The summed E-state index contributed by atoms with van der Waals surface area (Å²) in [6.45, 7) is 3.15. The van der Waals surface area contributed by atoms with Crippen LogP contribution in [0.15, 0.2) is 17.5 Å². The third kappa shape index (κ3) is 6.89. The van der Waals surface area contributed by atoms with Crippen LogP contribution in [-0.4, -0.2) is 6.61 Å². The van der Waals surface area contributed by atoms with E-state index in [9.17, 15) is 0 Å². The second-order valence-electron chi connectivity index (χ2n) is 4.26. The lowest BCUT2D eigenvalue weighted by Crippen LogP contribution is -1.95. The zero-order valence-electron chi connectivity index (χ0n) is 10.4. The highest BCUT2D eigenvalue weighted by Gasteiger charge is 1.94. The van der Waals surface area contributed by atoms with Gasteiger partial charge in [-0.05, 0) is 23.9 Å². The van der Waals surface area contributed by atoms with Crippen LogP contribution in [0.2, 0.25) is 0 Å². The molecule has 0 bridgehead atoms. The summed E-state index contributed by atoms with van der Waals surface area (Å²) in [4.78, 5) is 0. The average molecular weight is 240 g/mol. The minimum atomic E-state index is 0.884. The van der Waals surface area contributed by atoms with Crippen molar-refractivity contribution in [3.05, 3.63) is 17.5 Å². The molecule has 1 aromatic rings. The molecule has 0 aliphatic heterocycles. The van der Waals surface area contributed by atoms with E-state index in [1.165, 1.54) is 51.4 Å². The molecule has 0 aliphatic rings. The second kappa shape index (κ2) is 9.71. The zero-order chi connectivity index (χ0) is 11.5. The molecule has 1 aromatic heterocycles. The van der Waals surface area contributed by atoms with E-state index in [2.05, 4.69) is 12.3 Å². The molecule has 1 rings (SSSR count). The molecule has 0 aromatic carbocycles. The van der Waals surface area contributed by atoms with E-state index in [1.807, 2.05) is 12.1 Å². The summed E-state index contributed by atoms with van der Waals surface area (Å²) in [5, 5.41) is 3.12. The van der Waals surface area contributed by atoms with E-state index in [0.717, 1.165) is 11.7 Å². The summed E-state index contributed by atoms with van der Waals surface area (Å²) < 4.78 is 5.61. The first kappa shape index (κ1) is 13.6. The van der Waals surface area contributed by atoms with Gasteiger partial charge >= 0.3 is 0 Å². The van der Waals surface area contributed by atoms with Crippen LogP contribution in [0.1, 0.15) is 58.3 Å². The van der Waals surface area contributed by atoms with Gasteiger partial charge in [0.05, 0.1) is 6.61 Å². The van der Waals surface area contributed by atoms with Gasteiger partial charge in [-0.2, -0.15) is 0 Å². The Hall–Kier alpha value is -0.500. The van der Waals surface area contributed by atoms with Crippen molar-refractivity contribution in [2.75, 3.05) is 6.61 Å². The molecule has 1 nitrogen and oxygen atoms in total. The van der Waals surface area contributed by atoms with Crippen LogP contribution in [0.3, 0.4) is 0 Å². The van der Waals surface area contributed by atoms with Gasteiger partial charge in [0.15, 0.2) is 5.06 Å². The van der Waals surface area contributed by atoms with E-state index in [4.69, 9.17) is 4.74 Å². The molecule has 0 aliphatic carbocycles. The molecule has 0 unspecified atom stereocenters. The minimum Gasteiger partial charge on any atom is -0.484 e. The first-order chi connectivity index (χ1) is 7.93. The van der Waals surface area contributed by atoms with Crippen molar-refractivity contribution < 1.29 is 4.74 Å². The van der Waals surface area contributed by atoms with Crippen molar-refractivity contribution in [3.63, 3.8) is 0 Å². The Morgan fingerprint density at radius 1 is 1.00 bits per heavy atom. The van der Waals surface area contributed by atoms with E-state index >= 15 is 0 Å². The van der Waals surface area contributed by atoms with Crippen molar-refractivity contribution in [1.82, 2.24) is 0 Å². The van der Waals surface area contributed by atoms with E-state index in [0.29, 0.717) is 0 Å². The number of unbranched alkanes of at least 4 members (excludes halogenated alkanes) is 7. The lowest BCUT2D eigenvalue weighted by molar-refractivity contribution is 0.312. The minimum absolute atomic E-state index is 0.884. The summed E-state index contributed by atoms with van der Waals surface area (Å²) in [5.74, 6) is 0. The lowest BCUT2D eigenvalue weighted by Gasteiger charge is -2.03. The molecule has 0 fully saturated rings. The van der Waals surface area contributed by atoms with Gasteiger partial charge in [-0.25, -0.2) is 0 Å². The molecule has 16 heavy (non-hydrogen) atoms. The Kier molecular flexibility index (Phi) is 8.23. The molecule has 2 heteroatoms. The van der Waals surface area contributed by atoms with Crippen molar-refractivity contribution in [2.45, 2.75) is 58.3 Å². The van der Waals surface area contributed by atoms with Crippen LogP contribution in [0, 0.1) is 0 Å². The smallest absolute Gasteiger partial charge is 0.173 e. The Labute approximate surface area is 104 Å². The summed E-state index contributed by atoms with van der Waals surface area (Å²) in [6.07, 6.45) is 10.9. The Bertz CT molecular complexity index is 231. The van der Waals surface area contributed by atoms with Crippen LogP contribution in [0.25, 0.3) is 0 Å². The Balaban J connectivity index is 1.78.